The topological polar surface area (TPSA) is 66.8 Å². The minimum Gasteiger partial charge on any atom is -0.480 e. The molecule has 4 atom stereocenters. The molecular weight excluding hydrogens is 426 g/mol. The van der Waals surface area contributed by atoms with Crippen LogP contribution in [0, 0.1) is 5.92 Å². The van der Waals surface area contributed by atoms with Crippen LogP contribution in [-0.4, -0.2) is 40.1 Å². The normalized spacial score (nSPS) is 23.7. The van der Waals surface area contributed by atoms with Crippen molar-refractivity contribution >= 4 is 11.9 Å². The summed E-state index contributed by atoms with van der Waals surface area (Å²) in [5.74, 6) is -1.84. The van der Waals surface area contributed by atoms with Gasteiger partial charge in [0, 0.05) is 12.0 Å². The second-order valence-corrected chi connectivity index (χ2v) is 9.25. The summed E-state index contributed by atoms with van der Waals surface area (Å²) in [6.45, 7) is 0.450. The molecule has 5 heteroatoms. The third-order valence-corrected chi connectivity index (χ3v) is 7.24. The summed E-state index contributed by atoms with van der Waals surface area (Å²) in [6.07, 6.45) is 2.06. The van der Waals surface area contributed by atoms with Gasteiger partial charge in [0.2, 0.25) is 5.91 Å². The minimum absolute atomic E-state index is 0.138. The summed E-state index contributed by atoms with van der Waals surface area (Å²) in [7, 11) is 0. The van der Waals surface area contributed by atoms with Crippen LogP contribution in [0.1, 0.15) is 41.9 Å². The van der Waals surface area contributed by atoms with Crippen LogP contribution in [0.5, 0.6) is 0 Å². The van der Waals surface area contributed by atoms with Crippen molar-refractivity contribution < 1.29 is 19.4 Å². The highest BCUT2D eigenvalue weighted by Gasteiger charge is 2.53. The number of carboxylic acids is 1. The van der Waals surface area contributed by atoms with Gasteiger partial charge in [-0.15, -0.1) is 0 Å². The van der Waals surface area contributed by atoms with E-state index in [1.807, 2.05) is 91.0 Å². The summed E-state index contributed by atoms with van der Waals surface area (Å²) >= 11 is 0. The van der Waals surface area contributed by atoms with E-state index in [9.17, 15) is 14.7 Å². The number of carboxylic acid groups (broad SMARTS) is 1. The smallest absolute Gasteiger partial charge is 0.326 e. The van der Waals surface area contributed by atoms with Crippen molar-refractivity contribution in [1.82, 2.24) is 4.90 Å². The molecule has 2 bridgehead atoms. The van der Waals surface area contributed by atoms with Crippen LogP contribution in [0.2, 0.25) is 0 Å². The molecule has 2 saturated heterocycles. The fourth-order valence-corrected chi connectivity index (χ4v) is 5.68. The number of carbonyl (C=O) groups is 2. The van der Waals surface area contributed by atoms with Crippen molar-refractivity contribution in [3.63, 3.8) is 0 Å². The zero-order valence-electron chi connectivity index (χ0n) is 19.0. The fourth-order valence-electron chi connectivity index (χ4n) is 5.68. The predicted molar refractivity (Wildman–Crippen MR) is 129 cm³/mol. The predicted octanol–water partition coefficient (Wildman–Crippen LogP) is 4.87. The molecule has 1 aliphatic carbocycles. The first-order valence-electron chi connectivity index (χ1n) is 11.9. The molecule has 0 spiro atoms. The molecule has 1 amide bonds. The molecule has 1 unspecified atom stereocenters. The zero-order valence-corrected chi connectivity index (χ0v) is 19.0. The average molecular weight is 456 g/mol. The Morgan fingerprint density at radius 3 is 1.97 bits per heavy atom. The van der Waals surface area contributed by atoms with Gasteiger partial charge in [-0.05, 0) is 36.0 Å². The highest BCUT2D eigenvalue weighted by atomic mass is 16.5. The maximum absolute atomic E-state index is 14.1. The Balaban J connectivity index is 1.43. The van der Waals surface area contributed by atoms with Gasteiger partial charge in [-0.1, -0.05) is 91.0 Å². The largest absolute Gasteiger partial charge is 0.480 e. The molecule has 6 rings (SSSR count). The number of hydrogen-bond acceptors (Lipinski definition) is 3. The van der Waals surface area contributed by atoms with Crippen LogP contribution in [-0.2, 0) is 20.9 Å². The van der Waals surface area contributed by atoms with E-state index in [4.69, 9.17) is 4.74 Å². The third kappa shape index (κ3) is 4.36. The number of aliphatic carboxylic acids is 1. The van der Waals surface area contributed by atoms with Crippen LogP contribution >= 0.6 is 0 Å². The molecule has 1 N–H and O–H groups in total. The second kappa shape index (κ2) is 9.82. The van der Waals surface area contributed by atoms with Gasteiger partial charge in [-0.25, -0.2) is 4.79 Å². The Labute approximate surface area is 200 Å². The van der Waals surface area contributed by atoms with Gasteiger partial charge in [-0.3, -0.25) is 4.79 Å². The monoisotopic (exact) mass is 455 g/mol. The Bertz CT molecular complexity index is 1080. The molecule has 3 fully saturated rings. The van der Waals surface area contributed by atoms with E-state index in [2.05, 4.69) is 0 Å². The second-order valence-electron chi connectivity index (χ2n) is 9.25. The maximum Gasteiger partial charge on any atom is 0.326 e. The molecule has 1 saturated carbocycles. The van der Waals surface area contributed by atoms with E-state index >= 15 is 0 Å². The van der Waals surface area contributed by atoms with Gasteiger partial charge < -0.3 is 14.7 Å². The minimum atomic E-state index is -0.948. The summed E-state index contributed by atoms with van der Waals surface area (Å²) < 4.78 is 6.24. The number of ether oxygens (including phenoxy) is 1. The van der Waals surface area contributed by atoms with Crippen LogP contribution in [0.4, 0.5) is 0 Å². The van der Waals surface area contributed by atoms with E-state index in [0.29, 0.717) is 13.0 Å². The molecule has 5 nitrogen and oxygen atoms in total. The molecule has 34 heavy (non-hydrogen) atoms. The third-order valence-electron chi connectivity index (χ3n) is 7.24. The van der Waals surface area contributed by atoms with Crippen LogP contribution in [0.25, 0.3) is 0 Å². The first-order chi connectivity index (χ1) is 16.6. The van der Waals surface area contributed by atoms with E-state index in [-0.39, 0.29) is 24.0 Å². The standard InChI is InChI=1S/C29H29NO4/c31-28(26(21-12-6-2-7-13-21)22-14-8-3-9-15-22)30-23-16-17-24(27(30)29(32)33)25(18-23)34-19-20-10-4-1-5-11-20/h1-15,23-27H,16-19H2,(H,32,33)/t23-,24+,25?,27+/m0/s1. The Hall–Kier alpha value is -3.44. The lowest BCUT2D eigenvalue weighted by Gasteiger charge is -2.53. The van der Waals surface area contributed by atoms with Gasteiger partial charge in [0.15, 0.2) is 0 Å². The highest BCUT2D eigenvalue weighted by Crippen LogP contribution is 2.44. The van der Waals surface area contributed by atoms with Gasteiger partial charge in [0.25, 0.3) is 0 Å². The first-order valence-corrected chi connectivity index (χ1v) is 11.9. The molecule has 3 aromatic carbocycles. The SMILES string of the molecule is O=C(O)[C@H]1[C@@H]2CC[C@@H](CC2OCc2ccccc2)N1C(=O)C(c1ccccc1)c1ccccc1. The number of amides is 1. The molecule has 3 aromatic rings. The van der Waals surface area contributed by atoms with Crippen molar-refractivity contribution in [2.45, 2.75) is 50.0 Å². The Morgan fingerprint density at radius 2 is 1.41 bits per heavy atom. The Kier molecular flexibility index (Phi) is 6.45. The highest BCUT2D eigenvalue weighted by molar-refractivity contribution is 5.91. The van der Waals surface area contributed by atoms with Crippen LogP contribution in [0.3, 0.4) is 0 Å². The lowest BCUT2D eigenvalue weighted by atomic mass is 9.71. The average Bonchev–Trinajstić information content (AvgIpc) is 2.89. The molecule has 174 valence electrons. The molecular formula is C29H29NO4. The maximum atomic E-state index is 14.1. The van der Waals surface area contributed by atoms with Crippen molar-refractivity contribution in [2.24, 2.45) is 5.92 Å². The van der Waals surface area contributed by atoms with Gasteiger partial charge >= 0.3 is 5.97 Å². The summed E-state index contributed by atoms with van der Waals surface area (Å²) in [6, 6.07) is 28.2. The quantitative estimate of drug-likeness (QED) is 0.552. The zero-order chi connectivity index (χ0) is 23.5. The molecule has 0 aromatic heterocycles. The summed E-state index contributed by atoms with van der Waals surface area (Å²) in [4.78, 5) is 28.3. The van der Waals surface area contributed by atoms with E-state index in [1.54, 1.807) is 4.90 Å². The van der Waals surface area contributed by atoms with E-state index in [0.717, 1.165) is 29.5 Å². The molecule has 2 heterocycles. The van der Waals surface area contributed by atoms with Crippen molar-refractivity contribution in [3.05, 3.63) is 108 Å². The lowest BCUT2D eigenvalue weighted by molar-refractivity contribution is -0.177. The van der Waals surface area contributed by atoms with Crippen molar-refractivity contribution in [2.75, 3.05) is 0 Å². The number of hydrogen-bond donors (Lipinski definition) is 1. The van der Waals surface area contributed by atoms with Gasteiger partial charge in [-0.2, -0.15) is 0 Å². The molecule has 0 radical (unpaired) electrons. The summed E-state index contributed by atoms with van der Waals surface area (Å²) in [5.41, 5.74) is 2.82. The first kappa shape index (κ1) is 22.4. The molecule has 3 aliphatic rings. The Morgan fingerprint density at radius 1 is 0.853 bits per heavy atom. The number of carbonyl (C=O) groups excluding carboxylic acids is 1. The van der Waals surface area contributed by atoms with Crippen LogP contribution in [0.15, 0.2) is 91.0 Å². The van der Waals surface area contributed by atoms with E-state index < -0.39 is 17.9 Å². The van der Waals surface area contributed by atoms with Crippen molar-refractivity contribution in [3.8, 4) is 0 Å². The summed E-state index contributed by atoms with van der Waals surface area (Å²) in [5, 5.41) is 10.3. The number of fused-ring (bicyclic) bond motifs is 3. The van der Waals surface area contributed by atoms with Crippen molar-refractivity contribution in [1.29, 1.82) is 0 Å². The lowest BCUT2D eigenvalue weighted by Crippen LogP contribution is -2.65. The van der Waals surface area contributed by atoms with Gasteiger partial charge in [0.1, 0.15) is 6.04 Å². The number of benzene rings is 3. The number of rotatable bonds is 7. The number of piperidine rings is 2. The number of nitrogens with zero attached hydrogens (tertiary/aromatic N) is 1. The van der Waals surface area contributed by atoms with Crippen LogP contribution < -0.4 is 0 Å². The fraction of sp³-hybridized carbons (Fsp3) is 0.310. The van der Waals surface area contributed by atoms with Gasteiger partial charge in [0.05, 0.1) is 18.6 Å². The van der Waals surface area contributed by atoms with E-state index in [1.165, 1.54) is 0 Å². The molecule has 2 aliphatic heterocycles.